The van der Waals surface area contributed by atoms with E-state index in [9.17, 15) is 4.79 Å². The Labute approximate surface area is 122 Å². The van der Waals surface area contributed by atoms with Crippen LogP contribution in [0, 0.1) is 0 Å². The van der Waals surface area contributed by atoms with Crippen molar-refractivity contribution in [3.05, 3.63) is 42.1 Å². The first-order valence-electron chi connectivity index (χ1n) is 6.47. The number of ether oxygens (including phenoxy) is 2. The molecule has 2 aromatic rings. The van der Waals surface area contributed by atoms with Gasteiger partial charge in [0, 0.05) is 11.8 Å². The van der Waals surface area contributed by atoms with Gasteiger partial charge in [0.15, 0.2) is 0 Å². The van der Waals surface area contributed by atoms with Crippen molar-refractivity contribution in [3.63, 3.8) is 0 Å². The molecule has 0 saturated carbocycles. The van der Waals surface area contributed by atoms with Gasteiger partial charge in [0.25, 0.3) is 0 Å². The maximum atomic E-state index is 11.6. The second-order valence-corrected chi connectivity index (χ2v) is 4.23. The van der Waals surface area contributed by atoms with Crippen molar-refractivity contribution in [1.82, 2.24) is 4.98 Å². The van der Waals surface area contributed by atoms with Crippen molar-refractivity contribution in [2.24, 2.45) is 0 Å². The highest BCUT2D eigenvalue weighted by Crippen LogP contribution is 2.22. The van der Waals surface area contributed by atoms with Crippen LogP contribution in [0.4, 0.5) is 17.2 Å². The molecule has 3 N–H and O–H groups in total. The van der Waals surface area contributed by atoms with Gasteiger partial charge in [-0.1, -0.05) is 6.07 Å². The number of methoxy groups -OCH3 is 1. The van der Waals surface area contributed by atoms with E-state index < -0.39 is 5.97 Å². The molecule has 0 radical (unpaired) electrons. The van der Waals surface area contributed by atoms with E-state index in [-0.39, 0.29) is 11.3 Å². The molecule has 6 heteroatoms. The Kier molecular flexibility index (Phi) is 4.61. The number of anilines is 3. The molecule has 21 heavy (non-hydrogen) atoms. The van der Waals surface area contributed by atoms with E-state index in [2.05, 4.69) is 15.0 Å². The van der Waals surface area contributed by atoms with E-state index in [1.54, 1.807) is 6.07 Å². The van der Waals surface area contributed by atoms with Crippen LogP contribution < -0.4 is 15.8 Å². The van der Waals surface area contributed by atoms with Gasteiger partial charge in [-0.2, -0.15) is 0 Å². The van der Waals surface area contributed by atoms with E-state index >= 15 is 0 Å². The minimum Gasteiger partial charge on any atom is -0.494 e. The Hall–Kier alpha value is -2.76. The number of pyridine rings is 1. The highest BCUT2D eigenvalue weighted by atomic mass is 16.5. The Bertz CT molecular complexity index is 644. The molecular weight excluding hydrogens is 270 g/mol. The summed E-state index contributed by atoms with van der Waals surface area (Å²) in [5, 5.41) is 3.09. The van der Waals surface area contributed by atoms with Crippen LogP contribution in [-0.2, 0) is 4.74 Å². The van der Waals surface area contributed by atoms with Crippen LogP contribution in [0.3, 0.4) is 0 Å². The number of carbonyl (C=O) groups excluding carboxylic acids is 1. The van der Waals surface area contributed by atoms with Crippen LogP contribution >= 0.6 is 0 Å². The van der Waals surface area contributed by atoms with Gasteiger partial charge in [-0.05, 0) is 25.1 Å². The Morgan fingerprint density at radius 3 is 2.90 bits per heavy atom. The fourth-order valence-corrected chi connectivity index (χ4v) is 1.80. The van der Waals surface area contributed by atoms with Gasteiger partial charge >= 0.3 is 5.97 Å². The average molecular weight is 287 g/mol. The zero-order chi connectivity index (χ0) is 15.2. The number of hydrogen-bond acceptors (Lipinski definition) is 6. The molecule has 0 amide bonds. The zero-order valence-corrected chi connectivity index (χ0v) is 11.9. The summed E-state index contributed by atoms with van der Waals surface area (Å²) in [5.41, 5.74) is 7.06. The molecule has 0 aliphatic heterocycles. The SMILES string of the molecule is CCOc1cccc(Nc2cc(C(=O)OC)c(N)cn2)c1. The molecule has 6 nitrogen and oxygen atoms in total. The fourth-order valence-electron chi connectivity index (χ4n) is 1.80. The van der Waals surface area contributed by atoms with Gasteiger partial charge in [0.05, 0.1) is 31.2 Å². The second kappa shape index (κ2) is 6.60. The number of hydrogen-bond donors (Lipinski definition) is 2. The van der Waals surface area contributed by atoms with Gasteiger partial charge in [-0.25, -0.2) is 9.78 Å². The third-order valence-corrected chi connectivity index (χ3v) is 2.76. The van der Waals surface area contributed by atoms with Gasteiger partial charge in [0.1, 0.15) is 11.6 Å². The maximum absolute atomic E-state index is 11.6. The lowest BCUT2D eigenvalue weighted by molar-refractivity contribution is 0.0602. The number of rotatable bonds is 5. The first-order chi connectivity index (χ1) is 10.1. The van der Waals surface area contributed by atoms with E-state index in [4.69, 9.17) is 10.5 Å². The summed E-state index contributed by atoms with van der Waals surface area (Å²) in [6, 6.07) is 9.00. The predicted octanol–water partition coefficient (Wildman–Crippen LogP) is 2.59. The third kappa shape index (κ3) is 3.62. The van der Waals surface area contributed by atoms with Crippen molar-refractivity contribution in [2.45, 2.75) is 6.92 Å². The fraction of sp³-hybridized carbons (Fsp3) is 0.200. The summed E-state index contributed by atoms with van der Waals surface area (Å²) in [6.45, 7) is 2.51. The minimum absolute atomic E-state index is 0.274. The molecule has 0 aliphatic rings. The summed E-state index contributed by atoms with van der Waals surface area (Å²) < 4.78 is 10.1. The first kappa shape index (κ1) is 14.6. The molecule has 0 fully saturated rings. The summed E-state index contributed by atoms with van der Waals surface area (Å²) in [4.78, 5) is 15.7. The molecule has 0 aliphatic carbocycles. The van der Waals surface area contributed by atoms with E-state index in [0.29, 0.717) is 12.4 Å². The van der Waals surface area contributed by atoms with Crippen LogP contribution in [0.5, 0.6) is 5.75 Å². The van der Waals surface area contributed by atoms with Crippen LogP contribution in [0.1, 0.15) is 17.3 Å². The van der Waals surface area contributed by atoms with Crippen LogP contribution in [0.25, 0.3) is 0 Å². The largest absolute Gasteiger partial charge is 0.494 e. The highest BCUT2D eigenvalue weighted by molar-refractivity contribution is 5.95. The maximum Gasteiger partial charge on any atom is 0.340 e. The molecule has 2 rings (SSSR count). The smallest absolute Gasteiger partial charge is 0.340 e. The van der Waals surface area contributed by atoms with Crippen molar-refractivity contribution >= 4 is 23.2 Å². The second-order valence-electron chi connectivity index (χ2n) is 4.23. The quantitative estimate of drug-likeness (QED) is 0.822. The number of nitrogens with zero attached hydrogens (tertiary/aromatic N) is 1. The van der Waals surface area contributed by atoms with Crippen molar-refractivity contribution in [2.75, 3.05) is 24.8 Å². The summed E-state index contributed by atoms with van der Waals surface area (Å²) in [7, 11) is 1.31. The van der Waals surface area contributed by atoms with Crippen molar-refractivity contribution < 1.29 is 14.3 Å². The lowest BCUT2D eigenvalue weighted by Gasteiger charge is -2.10. The number of carbonyl (C=O) groups is 1. The van der Waals surface area contributed by atoms with Gasteiger partial charge in [0.2, 0.25) is 0 Å². The van der Waals surface area contributed by atoms with E-state index in [1.165, 1.54) is 13.3 Å². The van der Waals surface area contributed by atoms with Crippen LogP contribution in [0.2, 0.25) is 0 Å². The molecule has 0 atom stereocenters. The van der Waals surface area contributed by atoms with Gasteiger partial charge in [-0.15, -0.1) is 0 Å². The lowest BCUT2D eigenvalue weighted by atomic mass is 10.2. The van der Waals surface area contributed by atoms with Crippen LogP contribution in [-0.4, -0.2) is 24.7 Å². The normalized spacial score (nSPS) is 10.0. The summed E-state index contributed by atoms with van der Waals surface area (Å²) in [6.07, 6.45) is 1.42. The van der Waals surface area contributed by atoms with E-state index in [1.807, 2.05) is 31.2 Å². The summed E-state index contributed by atoms with van der Waals surface area (Å²) >= 11 is 0. The lowest BCUT2D eigenvalue weighted by Crippen LogP contribution is -2.07. The molecule has 0 saturated heterocycles. The Morgan fingerprint density at radius 1 is 1.38 bits per heavy atom. The number of esters is 1. The Balaban J connectivity index is 2.23. The molecule has 110 valence electrons. The van der Waals surface area contributed by atoms with Crippen LogP contribution in [0.15, 0.2) is 36.5 Å². The highest BCUT2D eigenvalue weighted by Gasteiger charge is 2.11. The molecule has 0 spiro atoms. The minimum atomic E-state index is -0.499. The molecular formula is C15H17N3O3. The molecule has 0 unspecified atom stereocenters. The third-order valence-electron chi connectivity index (χ3n) is 2.76. The standard InChI is InChI=1S/C15H17N3O3/c1-3-21-11-6-4-5-10(7-11)18-14-8-12(15(19)20-2)13(16)9-17-14/h4-9H,3,16H2,1-2H3,(H,17,18). The topological polar surface area (TPSA) is 86.5 Å². The molecule has 1 heterocycles. The van der Waals surface area contributed by atoms with Crippen molar-refractivity contribution in [1.29, 1.82) is 0 Å². The number of benzene rings is 1. The molecule has 1 aromatic heterocycles. The zero-order valence-electron chi connectivity index (χ0n) is 11.9. The van der Waals surface area contributed by atoms with Gasteiger partial charge < -0.3 is 20.5 Å². The predicted molar refractivity (Wildman–Crippen MR) is 80.9 cm³/mol. The number of nitrogen functional groups attached to an aromatic ring is 1. The molecule has 1 aromatic carbocycles. The van der Waals surface area contributed by atoms with Crippen molar-refractivity contribution in [3.8, 4) is 5.75 Å². The average Bonchev–Trinajstić information content (AvgIpc) is 2.49. The summed E-state index contributed by atoms with van der Waals surface area (Å²) in [5.74, 6) is 0.755. The molecule has 0 bridgehead atoms. The number of aromatic nitrogens is 1. The first-order valence-corrected chi connectivity index (χ1v) is 6.47. The number of nitrogens with two attached hydrogens (primary N) is 1. The Morgan fingerprint density at radius 2 is 2.19 bits per heavy atom. The number of nitrogens with one attached hydrogen (secondary N) is 1. The van der Waals surface area contributed by atoms with Gasteiger partial charge in [-0.3, -0.25) is 0 Å². The monoisotopic (exact) mass is 287 g/mol. The van der Waals surface area contributed by atoms with E-state index in [0.717, 1.165) is 11.4 Å².